The monoisotopic (exact) mass is 638 g/mol. The van der Waals surface area contributed by atoms with Crippen molar-refractivity contribution in [2.24, 2.45) is 0 Å². The van der Waals surface area contributed by atoms with Crippen molar-refractivity contribution in [3.63, 3.8) is 0 Å². The molecule has 0 aliphatic heterocycles. The highest BCUT2D eigenvalue weighted by atomic mass is 79.9. The van der Waals surface area contributed by atoms with E-state index in [0.717, 1.165) is 38.3 Å². The molecule has 1 nitrogen and oxygen atoms in total. The molecule has 0 unspecified atom stereocenters. The molecule has 0 saturated heterocycles. The first-order chi connectivity index (χ1) is 8.88. The van der Waals surface area contributed by atoms with Crippen LogP contribution in [0.15, 0.2) is 51.1 Å². The van der Waals surface area contributed by atoms with Crippen molar-refractivity contribution in [1.29, 1.82) is 0 Å². The molecule has 0 heterocycles. The number of benzene rings is 2. The molecule has 0 amide bonds. The lowest BCUT2D eigenvalue weighted by Crippen LogP contribution is -1.87. The largest absolute Gasteiger partial charge is 0.456 e. The molecule has 0 N–H and O–H groups in total. The fourth-order valence-corrected chi connectivity index (χ4v) is 4.07. The van der Waals surface area contributed by atoms with Crippen molar-refractivity contribution < 1.29 is 4.74 Å². The zero-order chi connectivity index (χ0) is 14.2. The summed E-state index contributed by atoms with van der Waals surface area (Å²) < 4.78 is 11.4. The van der Waals surface area contributed by atoms with Crippen molar-refractivity contribution in [2.75, 3.05) is 0 Å². The van der Waals surface area contributed by atoms with Crippen LogP contribution >= 0.6 is 95.6 Å². The molecule has 0 fully saturated rings. The van der Waals surface area contributed by atoms with Gasteiger partial charge in [0.25, 0.3) is 0 Å². The second kappa shape index (κ2) is 6.92. The zero-order valence-electron chi connectivity index (χ0n) is 8.99. The normalized spacial score (nSPS) is 10.6. The molecule has 0 spiro atoms. The van der Waals surface area contributed by atoms with Gasteiger partial charge in [-0.25, -0.2) is 0 Å². The Kier molecular flexibility index (Phi) is 6.01. The third kappa shape index (κ3) is 4.07. The quantitative estimate of drug-likeness (QED) is 0.238. The van der Waals surface area contributed by atoms with Gasteiger partial charge in [0, 0.05) is 22.4 Å². The van der Waals surface area contributed by atoms with Crippen molar-refractivity contribution in [2.45, 2.75) is 0 Å². The van der Waals surface area contributed by atoms with Crippen LogP contribution in [0.25, 0.3) is 0 Å². The maximum Gasteiger partial charge on any atom is 0.142 e. The molecule has 0 aliphatic rings. The first-order valence-electron chi connectivity index (χ1n) is 4.85. The fourth-order valence-electron chi connectivity index (χ4n) is 1.30. The van der Waals surface area contributed by atoms with Gasteiger partial charge in [0.05, 0.1) is 4.47 Å². The maximum absolute atomic E-state index is 5.88. The summed E-state index contributed by atoms with van der Waals surface area (Å²) in [5.41, 5.74) is 0. The van der Waals surface area contributed by atoms with Crippen LogP contribution < -0.4 is 4.74 Å². The highest BCUT2D eigenvalue weighted by molar-refractivity contribution is 9.14. The summed E-state index contributed by atoms with van der Waals surface area (Å²) in [6.07, 6.45) is 0. The lowest BCUT2D eigenvalue weighted by Gasteiger charge is -2.11. The molecule has 0 aromatic heterocycles. The Morgan fingerprint density at radius 3 is 1.68 bits per heavy atom. The van der Waals surface area contributed by atoms with Crippen LogP contribution in [0, 0.1) is 0 Å². The minimum absolute atomic E-state index is 0.733. The summed E-state index contributed by atoms with van der Waals surface area (Å²) in [6.45, 7) is 0. The maximum atomic E-state index is 5.88. The highest BCUT2D eigenvalue weighted by Crippen LogP contribution is 2.40. The minimum Gasteiger partial charge on any atom is -0.456 e. The second-order valence-electron chi connectivity index (χ2n) is 3.50. The van der Waals surface area contributed by atoms with Crippen LogP contribution in [0.2, 0.25) is 0 Å². The van der Waals surface area contributed by atoms with Gasteiger partial charge in [0.1, 0.15) is 11.5 Å². The molecule has 2 aromatic rings. The number of hydrogen-bond donors (Lipinski definition) is 0. The minimum atomic E-state index is 0.733. The Labute approximate surface area is 161 Å². The van der Waals surface area contributed by atoms with E-state index in [4.69, 9.17) is 4.74 Å². The van der Waals surface area contributed by atoms with Gasteiger partial charge >= 0.3 is 0 Å². The summed E-state index contributed by atoms with van der Waals surface area (Å²) in [5.74, 6) is 1.47. The van der Waals surface area contributed by atoms with Crippen LogP contribution in [0.4, 0.5) is 0 Å². The molecule has 100 valence electrons. The molecule has 7 heteroatoms. The molecule has 19 heavy (non-hydrogen) atoms. The predicted molar refractivity (Wildman–Crippen MR) is 99.2 cm³/mol. The van der Waals surface area contributed by atoms with Gasteiger partial charge in [-0.3, -0.25) is 0 Å². The zero-order valence-corrected chi connectivity index (χ0v) is 18.5. The fraction of sp³-hybridized carbons (Fsp3) is 0. The summed E-state index contributed by atoms with van der Waals surface area (Å²) in [7, 11) is 0. The van der Waals surface area contributed by atoms with E-state index in [0.29, 0.717) is 0 Å². The molecule has 0 radical (unpaired) electrons. The van der Waals surface area contributed by atoms with E-state index in [1.54, 1.807) is 0 Å². The molecule has 2 rings (SSSR count). The molecule has 0 aliphatic carbocycles. The predicted octanol–water partition coefficient (Wildman–Crippen LogP) is 8.05. The van der Waals surface area contributed by atoms with E-state index in [-0.39, 0.29) is 0 Å². The van der Waals surface area contributed by atoms with Gasteiger partial charge in [-0.1, -0.05) is 0 Å². The first kappa shape index (κ1) is 16.5. The van der Waals surface area contributed by atoms with E-state index < -0.39 is 0 Å². The number of hydrogen-bond acceptors (Lipinski definition) is 1. The highest BCUT2D eigenvalue weighted by Gasteiger charge is 2.10. The summed E-state index contributed by atoms with van der Waals surface area (Å²) in [5, 5.41) is 0. The number of halogens is 6. The molecule has 0 saturated carbocycles. The molecule has 0 atom stereocenters. The van der Waals surface area contributed by atoms with Crippen molar-refractivity contribution in [3.05, 3.63) is 51.1 Å². The Bertz CT molecular complexity index is 617. The van der Waals surface area contributed by atoms with Gasteiger partial charge in [-0.05, 0) is 120 Å². The van der Waals surface area contributed by atoms with Crippen LogP contribution in [-0.2, 0) is 0 Å². The standard InChI is InChI=1S/C12H4Br6O/c13-6-3-8(15)11(4-7(6)14)19-5-1-9(16)12(18)10(17)2-5/h1-4H. The van der Waals surface area contributed by atoms with Crippen molar-refractivity contribution in [3.8, 4) is 11.5 Å². The van der Waals surface area contributed by atoms with E-state index >= 15 is 0 Å². The summed E-state index contributed by atoms with van der Waals surface area (Å²) in [4.78, 5) is 0. The van der Waals surface area contributed by atoms with Gasteiger partial charge in [0.15, 0.2) is 0 Å². The van der Waals surface area contributed by atoms with Crippen LogP contribution in [0.5, 0.6) is 11.5 Å². The molecule has 2 aromatic carbocycles. The van der Waals surface area contributed by atoms with Gasteiger partial charge in [0.2, 0.25) is 0 Å². The number of ether oxygens (including phenoxy) is 1. The smallest absolute Gasteiger partial charge is 0.142 e. The van der Waals surface area contributed by atoms with E-state index in [2.05, 4.69) is 95.6 Å². The third-order valence-corrected chi connectivity index (χ3v) is 7.79. The summed E-state index contributed by atoms with van der Waals surface area (Å²) in [6, 6.07) is 7.63. The van der Waals surface area contributed by atoms with Gasteiger partial charge in [-0.2, -0.15) is 0 Å². The van der Waals surface area contributed by atoms with Crippen molar-refractivity contribution >= 4 is 95.6 Å². The average Bonchev–Trinajstić information content (AvgIpc) is 2.33. The van der Waals surface area contributed by atoms with Crippen LogP contribution in [-0.4, -0.2) is 0 Å². The van der Waals surface area contributed by atoms with Crippen LogP contribution in [0.1, 0.15) is 0 Å². The lowest BCUT2D eigenvalue weighted by atomic mass is 10.3. The molecule has 0 bridgehead atoms. The SMILES string of the molecule is Brc1cc(Br)c(Oc2cc(Br)c(Br)c(Br)c2)cc1Br. The first-order valence-corrected chi connectivity index (χ1v) is 9.61. The van der Waals surface area contributed by atoms with E-state index in [9.17, 15) is 0 Å². The second-order valence-corrected chi connectivity index (χ2v) is 8.56. The Balaban J connectivity index is 2.39. The van der Waals surface area contributed by atoms with Crippen molar-refractivity contribution in [1.82, 2.24) is 0 Å². The Morgan fingerprint density at radius 2 is 1.11 bits per heavy atom. The Morgan fingerprint density at radius 1 is 0.579 bits per heavy atom. The van der Waals surface area contributed by atoms with E-state index in [1.807, 2.05) is 24.3 Å². The van der Waals surface area contributed by atoms with Gasteiger partial charge in [-0.15, -0.1) is 0 Å². The molecular formula is C12H4Br6O. The third-order valence-electron chi connectivity index (χ3n) is 2.16. The number of rotatable bonds is 2. The summed E-state index contributed by atoms with van der Waals surface area (Å²) >= 11 is 20.8. The van der Waals surface area contributed by atoms with Gasteiger partial charge < -0.3 is 4.74 Å². The Hall–Kier alpha value is 1.12. The molecular weight excluding hydrogens is 640 g/mol. The topological polar surface area (TPSA) is 9.23 Å². The lowest BCUT2D eigenvalue weighted by molar-refractivity contribution is 0.478. The van der Waals surface area contributed by atoms with E-state index in [1.165, 1.54) is 0 Å². The van der Waals surface area contributed by atoms with Crippen LogP contribution in [0.3, 0.4) is 0 Å². The average molecular weight is 644 g/mol.